The fraction of sp³-hybridized carbons (Fsp3) is 0.240. The summed E-state index contributed by atoms with van der Waals surface area (Å²) in [6, 6.07) is 17.7. The van der Waals surface area contributed by atoms with Crippen LogP contribution in [0.2, 0.25) is 5.02 Å². The molecule has 1 aliphatic rings. The van der Waals surface area contributed by atoms with Crippen molar-refractivity contribution in [3.05, 3.63) is 86.6 Å². The first-order valence-corrected chi connectivity index (χ1v) is 11.6. The molecule has 7 heteroatoms. The van der Waals surface area contributed by atoms with Crippen LogP contribution in [-0.4, -0.2) is 23.3 Å². The Hall–Kier alpha value is -3.14. The van der Waals surface area contributed by atoms with Gasteiger partial charge in [0.2, 0.25) is 5.91 Å². The number of nitrogens with one attached hydrogen (secondary N) is 1. The molecule has 4 rings (SSSR count). The number of halogens is 1. The summed E-state index contributed by atoms with van der Waals surface area (Å²) in [4.78, 5) is 29.9. The van der Waals surface area contributed by atoms with Gasteiger partial charge in [-0.05, 0) is 47.2 Å². The highest BCUT2D eigenvalue weighted by atomic mass is 35.5. The maximum atomic E-state index is 13.7. The normalized spacial score (nSPS) is 17.7. The van der Waals surface area contributed by atoms with Crippen molar-refractivity contribution in [1.82, 2.24) is 4.90 Å². The second-order valence-electron chi connectivity index (χ2n) is 8.17. The highest BCUT2D eigenvalue weighted by Gasteiger charge is 2.44. The number of benzene rings is 2. The second kappa shape index (κ2) is 9.15. The fourth-order valence-electron chi connectivity index (χ4n) is 4.15. The number of carbonyl (C=O) groups is 2. The molecule has 162 valence electrons. The fourth-order valence-corrected chi connectivity index (χ4v) is 5.19. The molecule has 0 saturated carbocycles. The number of nitriles is 1. The first-order chi connectivity index (χ1) is 15.4. The third-order valence-corrected chi connectivity index (χ3v) is 6.74. The molecule has 0 unspecified atom stereocenters. The van der Waals surface area contributed by atoms with Crippen LogP contribution >= 0.6 is 22.9 Å². The molecule has 1 aliphatic heterocycles. The SMILES string of the molecule is CC(C)CN1C(=O)c2ccccc2[C@H](C(=O)Nc2ccc(Cl)c(C#N)c2)[C@H]1c1cccs1. The molecule has 1 N–H and O–H groups in total. The van der Waals surface area contributed by atoms with Crippen LogP contribution in [0.5, 0.6) is 0 Å². The molecule has 2 atom stereocenters. The number of carbonyl (C=O) groups excluding carboxylic acids is 2. The Kier molecular flexibility index (Phi) is 6.31. The monoisotopic (exact) mass is 463 g/mol. The Morgan fingerprint density at radius 1 is 1.22 bits per heavy atom. The average Bonchev–Trinajstić information content (AvgIpc) is 3.31. The molecule has 2 amide bonds. The van der Waals surface area contributed by atoms with E-state index in [1.807, 2.05) is 46.7 Å². The van der Waals surface area contributed by atoms with Crippen LogP contribution in [-0.2, 0) is 4.79 Å². The summed E-state index contributed by atoms with van der Waals surface area (Å²) in [5.74, 6) is -0.648. The summed E-state index contributed by atoms with van der Waals surface area (Å²) in [5, 5.41) is 14.5. The van der Waals surface area contributed by atoms with Gasteiger partial charge in [-0.3, -0.25) is 9.59 Å². The number of fused-ring (bicyclic) bond motifs is 1. The van der Waals surface area contributed by atoms with Crippen LogP contribution in [0.25, 0.3) is 0 Å². The summed E-state index contributed by atoms with van der Waals surface area (Å²) in [5.41, 5.74) is 2.04. The molecule has 0 bridgehead atoms. The molecular formula is C25H22ClN3O2S. The van der Waals surface area contributed by atoms with Crippen molar-refractivity contribution >= 4 is 40.4 Å². The lowest BCUT2D eigenvalue weighted by molar-refractivity contribution is -0.119. The first kappa shape index (κ1) is 22.1. The van der Waals surface area contributed by atoms with Gasteiger partial charge in [0.25, 0.3) is 5.91 Å². The highest BCUT2D eigenvalue weighted by Crippen LogP contribution is 2.45. The Morgan fingerprint density at radius 3 is 2.69 bits per heavy atom. The van der Waals surface area contributed by atoms with Crippen LogP contribution in [0.1, 0.15) is 52.2 Å². The lowest BCUT2D eigenvalue weighted by atomic mass is 9.81. The van der Waals surface area contributed by atoms with Crippen LogP contribution in [0.4, 0.5) is 5.69 Å². The smallest absolute Gasteiger partial charge is 0.254 e. The first-order valence-electron chi connectivity index (χ1n) is 10.3. The molecule has 32 heavy (non-hydrogen) atoms. The maximum Gasteiger partial charge on any atom is 0.254 e. The zero-order chi connectivity index (χ0) is 22.8. The van der Waals surface area contributed by atoms with E-state index >= 15 is 0 Å². The van der Waals surface area contributed by atoms with E-state index in [1.54, 1.807) is 24.3 Å². The molecule has 0 radical (unpaired) electrons. The Labute approximate surface area is 196 Å². The Balaban J connectivity index is 1.81. The van der Waals surface area contributed by atoms with Crippen molar-refractivity contribution < 1.29 is 9.59 Å². The van der Waals surface area contributed by atoms with Crippen LogP contribution in [0.15, 0.2) is 60.0 Å². The minimum atomic E-state index is -0.595. The zero-order valence-corrected chi connectivity index (χ0v) is 19.3. The van der Waals surface area contributed by atoms with E-state index in [0.29, 0.717) is 33.9 Å². The maximum absolute atomic E-state index is 13.7. The second-order valence-corrected chi connectivity index (χ2v) is 9.56. The van der Waals surface area contributed by atoms with Gasteiger partial charge in [0.15, 0.2) is 0 Å². The molecule has 1 aromatic heterocycles. The summed E-state index contributed by atoms with van der Waals surface area (Å²) in [7, 11) is 0. The predicted molar refractivity (Wildman–Crippen MR) is 127 cm³/mol. The van der Waals surface area contributed by atoms with Gasteiger partial charge in [-0.1, -0.05) is 49.7 Å². The number of nitrogens with zero attached hydrogens (tertiary/aromatic N) is 2. The van der Waals surface area contributed by atoms with Gasteiger partial charge in [-0.25, -0.2) is 0 Å². The van der Waals surface area contributed by atoms with E-state index in [9.17, 15) is 14.9 Å². The molecule has 0 fully saturated rings. The summed E-state index contributed by atoms with van der Waals surface area (Å²) in [6.45, 7) is 4.66. The van der Waals surface area contributed by atoms with Gasteiger partial charge < -0.3 is 10.2 Å². The molecule has 5 nitrogen and oxygen atoms in total. The topological polar surface area (TPSA) is 73.2 Å². The van der Waals surface area contributed by atoms with E-state index in [0.717, 1.165) is 4.88 Å². The minimum absolute atomic E-state index is 0.0602. The molecular weight excluding hydrogens is 442 g/mol. The molecule has 2 aromatic carbocycles. The number of hydrogen-bond acceptors (Lipinski definition) is 4. The van der Waals surface area contributed by atoms with Crippen molar-refractivity contribution in [2.45, 2.75) is 25.8 Å². The van der Waals surface area contributed by atoms with Crippen molar-refractivity contribution in [3.8, 4) is 6.07 Å². The van der Waals surface area contributed by atoms with Crippen molar-refractivity contribution in [2.24, 2.45) is 5.92 Å². The minimum Gasteiger partial charge on any atom is -0.329 e. The van der Waals surface area contributed by atoms with E-state index < -0.39 is 12.0 Å². The van der Waals surface area contributed by atoms with Gasteiger partial charge >= 0.3 is 0 Å². The molecule has 0 saturated heterocycles. The summed E-state index contributed by atoms with van der Waals surface area (Å²) in [6.07, 6.45) is 0. The van der Waals surface area contributed by atoms with E-state index in [2.05, 4.69) is 19.2 Å². The third-order valence-electron chi connectivity index (χ3n) is 5.47. The third kappa shape index (κ3) is 4.14. The van der Waals surface area contributed by atoms with Crippen LogP contribution in [0, 0.1) is 17.2 Å². The number of thiophene rings is 1. The number of amides is 2. The largest absolute Gasteiger partial charge is 0.329 e. The highest BCUT2D eigenvalue weighted by molar-refractivity contribution is 7.10. The summed E-state index contributed by atoms with van der Waals surface area (Å²) >= 11 is 7.58. The molecule has 2 heterocycles. The number of hydrogen-bond donors (Lipinski definition) is 1. The lowest BCUT2D eigenvalue weighted by Gasteiger charge is -2.42. The van der Waals surface area contributed by atoms with Crippen LogP contribution < -0.4 is 5.32 Å². The van der Waals surface area contributed by atoms with E-state index in [-0.39, 0.29) is 17.7 Å². The molecule has 0 aliphatic carbocycles. The summed E-state index contributed by atoms with van der Waals surface area (Å²) < 4.78 is 0. The Morgan fingerprint density at radius 2 is 2.00 bits per heavy atom. The van der Waals surface area contributed by atoms with Gasteiger partial charge in [0.05, 0.1) is 22.5 Å². The Bertz CT molecular complexity index is 1200. The average molecular weight is 464 g/mol. The van der Waals surface area contributed by atoms with E-state index in [4.69, 9.17) is 11.6 Å². The zero-order valence-electron chi connectivity index (χ0n) is 17.7. The van der Waals surface area contributed by atoms with Crippen LogP contribution in [0.3, 0.4) is 0 Å². The molecule has 3 aromatic rings. The van der Waals surface area contributed by atoms with Gasteiger partial charge in [-0.2, -0.15) is 5.26 Å². The lowest BCUT2D eigenvalue weighted by Crippen LogP contribution is -2.47. The molecule has 0 spiro atoms. The van der Waals surface area contributed by atoms with Gasteiger partial charge in [-0.15, -0.1) is 11.3 Å². The van der Waals surface area contributed by atoms with Crippen molar-refractivity contribution in [3.63, 3.8) is 0 Å². The quantitative estimate of drug-likeness (QED) is 0.515. The standard InChI is InChI=1S/C25H22ClN3O2S/c1-15(2)14-29-23(21-8-5-11-32-21)22(18-6-3-4-7-19(18)25(29)31)24(30)28-17-9-10-20(26)16(12-17)13-27/h3-12,15,22-23H,14H2,1-2H3,(H,28,30)/t22-,23+/m0/s1. The predicted octanol–water partition coefficient (Wildman–Crippen LogP) is 5.85. The van der Waals surface area contributed by atoms with Crippen molar-refractivity contribution in [2.75, 3.05) is 11.9 Å². The number of anilines is 1. The van der Waals surface area contributed by atoms with E-state index in [1.165, 1.54) is 11.3 Å². The number of rotatable bonds is 5. The van der Waals surface area contributed by atoms with Gasteiger partial charge in [0, 0.05) is 22.7 Å². The van der Waals surface area contributed by atoms with Crippen molar-refractivity contribution in [1.29, 1.82) is 5.26 Å². The van der Waals surface area contributed by atoms with Gasteiger partial charge in [0.1, 0.15) is 6.07 Å².